The van der Waals surface area contributed by atoms with E-state index >= 15 is 0 Å². The van der Waals surface area contributed by atoms with Crippen molar-refractivity contribution in [1.29, 1.82) is 0 Å². The Balaban J connectivity index is 2.37. The van der Waals surface area contributed by atoms with Crippen LogP contribution in [-0.4, -0.2) is 16.6 Å². The third-order valence-electron chi connectivity index (χ3n) is 3.03. The fourth-order valence-electron chi connectivity index (χ4n) is 1.82. The van der Waals surface area contributed by atoms with E-state index in [1.54, 1.807) is 6.07 Å². The van der Waals surface area contributed by atoms with Crippen molar-refractivity contribution in [2.45, 2.75) is 27.4 Å². The van der Waals surface area contributed by atoms with Crippen molar-refractivity contribution < 1.29 is 4.74 Å². The van der Waals surface area contributed by atoms with Crippen LogP contribution in [0.4, 0.5) is 5.82 Å². The van der Waals surface area contributed by atoms with Crippen LogP contribution in [0.2, 0.25) is 0 Å². The maximum atomic E-state index is 5.83. The number of aromatic nitrogens is 2. The van der Waals surface area contributed by atoms with Gasteiger partial charge in [-0.3, -0.25) is 0 Å². The second-order valence-corrected chi connectivity index (χ2v) is 4.53. The van der Waals surface area contributed by atoms with Crippen LogP contribution in [0.15, 0.2) is 24.3 Å². The summed E-state index contributed by atoms with van der Waals surface area (Å²) in [6.45, 7) is 7.14. The van der Waals surface area contributed by atoms with E-state index in [2.05, 4.69) is 42.0 Å². The molecule has 2 N–H and O–H groups in total. The molecule has 0 radical (unpaired) electrons. The molecule has 2 rings (SSSR count). The first kappa shape index (κ1) is 13.5. The molecule has 0 bridgehead atoms. The number of rotatable bonds is 4. The number of ether oxygens (including phenoxy) is 1. The molecule has 0 spiro atoms. The van der Waals surface area contributed by atoms with Gasteiger partial charge in [0, 0.05) is 18.2 Å². The van der Waals surface area contributed by atoms with E-state index in [1.807, 2.05) is 6.92 Å². The fourth-order valence-corrected chi connectivity index (χ4v) is 1.82. The van der Waals surface area contributed by atoms with Crippen molar-refractivity contribution >= 4 is 5.82 Å². The van der Waals surface area contributed by atoms with E-state index in [0.717, 1.165) is 11.3 Å². The first-order chi connectivity index (χ1) is 9.10. The van der Waals surface area contributed by atoms with E-state index < -0.39 is 0 Å². The average Bonchev–Trinajstić information content (AvgIpc) is 2.39. The van der Waals surface area contributed by atoms with Crippen LogP contribution in [0.5, 0.6) is 0 Å². The third-order valence-corrected chi connectivity index (χ3v) is 3.03. The van der Waals surface area contributed by atoms with Crippen molar-refractivity contribution in [3.8, 4) is 11.3 Å². The first-order valence-electron chi connectivity index (χ1n) is 6.39. The molecule has 0 unspecified atom stereocenters. The number of hydrogen-bond donors (Lipinski definition) is 1. The Hall–Kier alpha value is -1.94. The Morgan fingerprint density at radius 2 is 1.89 bits per heavy atom. The minimum absolute atomic E-state index is 0.388. The zero-order chi connectivity index (χ0) is 13.8. The van der Waals surface area contributed by atoms with Gasteiger partial charge >= 0.3 is 0 Å². The number of nitrogens with zero attached hydrogens (tertiary/aromatic N) is 2. The van der Waals surface area contributed by atoms with Gasteiger partial charge in [0.1, 0.15) is 12.4 Å². The minimum atomic E-state index is 0.388. The Labute approximate surface area is 113 Å². The lowest BCUT2D eigenvalue weighted by molar-refractivity contribution is 0.128. The topological polar surface area (TPSA) is 61.0 Å². The summed E-state index contributed by atoms with van der Waals surface area (Å²) in [5.74, 6) is 1.09. The van der Waals surface area contributed by atoms with Crippen LogP contribution in [-0.2, 0) is 11.3 Å². The molecular weight excluding hydrogens is 238 g/mol. The lowest BCUT2D eigenvalue weighted by atomic mass is 10.0. The van der Waals surface area contributed by atoms with Gasteiger partial charge in [0.25, 0.3) is 0 Å². The molecule has 0 fully saturated rings. The zero-order valence-corrected chi connectivity index (χ0v) is 11.6. The minimum Gasteiger partial charge on any atom is -0.384 e. The highest BCUT2D eigenvalue weighted by atomic mass is 16.5. The lowest BCUT2D eigenvalue weighted by Gasteiger charge is -2.08. The van der Waals surface area contributed by atoms with Gasteiger partial charge < -0.3 is 10.5 Å². The van der Waals surface area contributed by atoms with Crippen molar-refractivity contribution in [1.82, 2.24) is 9.97 Å². The molecule has 0 aliphatic rings. The SMILES string of the molecule is CCOCc1nc(N)cc(-c2ccc(C)c(C)c2)n1. The highest BCUT2D eigenvalue weighted by Crippen LogP contribution is 2.21. The first-order valence-corrected chi connectivity index (χ1v) is 6.39. The van der Waals surface area contributed by atoms with Crippen molar-refractivity contribution in [3.05, 3.63) is 41.2 Å². The van der Waals surface area contributed by atoms with E-state index in [1.165, 1.54) is 11.1 Å². The molecule has 0 atom stereocenters. The number of nitrogen functional groups attached to an aromatic ring is 1. The third kappa shape index (κ3) is 3.29. The Bertz CT molecular complexity index is 582. The summed E-state index contributed by atoms with van der Waals surface area (Å²) in [5, 5.41) is 0. The van der Waals surface area contributed by atoms with Gasteiger partial charge in [-0.1, -0.05) is 12.1 Å². The summed E-state index contributed by atoms with van der Waals surface area (Å²) < 4.78 is 5.33. The second-order valence-electron chi connectivity index (χ2n) is 4.53. The van der Waals surface area contributed by atoms with Crippen molar-refractivity contribution in [3.63, 3.8) is 0 Å². The molecule has 4 heteroatoms. The van der Waals surface area contributed by atoms with Gasteiger partial charge in [-0.2, -0.15) is 0 Å². The van der Waals surface area contributed by atoms with Gasteiger partial charge in [-0.15, -0.1) is 0 Å². The highest BCUT2D eigenvalue weighted by molar-refractivity contribution is 5.63. The molecule has 100 valence electrons. The van der Waals surface area contributed by atoms with Crippen LogP contribution < -0.4 is 5.73 Å². The molecule has 0 saturated heterocycles. The number of anilines is 1. The van der Waals surface area contributed by atoms with Crippen LogP contribution in [0.3, 0.4) is 0 Å². The van der Waals surface area contributed by atoms with Gasteiger partial charge in [-0.05, 0) is 38.0 Å². The monoisotopic (exact) mass is 257 g/mol. The highest BCUT2D eigenvalue weighted by Gasteiger charge is 2.06. The predicted octanol–water partition coefficient (Wildman–Crippen LogP) is 2.88. The molecule has 1 heterocycles. The van der Waals surface area contributed by atoms with E-state index in [4.69, 9.17) is 10.5 Å². The van der Waals surface area contributed by atoms with Crippen LogP contribution >= 0.6 is 0 Å². The summed E-state index contributed by atoms with van der Waals surface area (Å²) in [6, 6.07) is 8.04. The quantitative estimate of drug-likeness (QED) is 0.914. The van der Waals surface area contributed by atoms with E-state index in [-0.39, 0.29) is 0 Å². The largest absolute Gasteiger partial charge is 0.384 e. The molecule has 4 nitrogen and oxygen atoms in total. The fraction of sp³-hybridized carbons (Fsp3) is 0.333. The Kier molecular flexibility index (Phi) is 4.12. The summed E-state index contributed by atoms with van der Waals surface area (Å²) >= 11 is 0. The molecular formula is C15H19N3O. The second kappa shape index (κ2) is 5.80. The van der Waals surface area contributed by atoms with Crippen molar-refractivity contribution in [2.24, 2.45) is 0 Å². The summed E-state index contributed by atoms with van der Waals surface area (Å²) in [6.07, 6.45) is 0. The summed E-state index contributed by atoms with van der Waals surface area (Å²) in [4.78, 5) is 8.67. The molecule has 2 aromatic rings. The smallest absolute Gasteiger partial charge is 0.157 e. The molecule has 19 heavy (non-hydrogen) atoms. The predicted molar refractivity (Wildman–Crippen MR) is 76.7 cm³/mol. The van der Waals surface area contributed by atoms with Crippen molar-refractivity contribution in [2.75, 3.05) is 12.3 Å². The Morgan fingerprint density at radius 3 is 2.58 bits per heavy atom. The van der Waals surface area contributed by atoms with E-state index in [9.17, 15) is 0 Å². The van der Waals surface area contributed by atoms with Gasteiger partial charge in [0.2, 0.25) is 0 Å². The maximum absolute atomic E-state index is 5.83. The van der Waals surface area contributed by atoms with Crippen LogP contribution in [0.25, 0.3) is 11.3 Å². The summed E-state index contributed by atoms with van der Waals surface area (Å²) in [5.41, 5.74) is 10.2. The molecule has 0 aliphatic heterocycles. The van der Waals surface area contributed by atoms with Gasteiger partial charge in [0.15, 0.2) is 5.82 Å². The average molecular weight is 257 g/mol. The van der Waals surface area contributed by atoms with Gasteiger partial charge in [-0.25, -0.2) is 9.97 Å². The molecule has 0 amide bonds. The maximum Gasteiger partial charge on any atom is 0.157 e. The lowest BCUT2D eigenvalue weighted by Crippen LogP contribution is -2.03. The number of aryl methyl sites for hydroxylation is 2. The normalized spacial score (nSPS) is 10.7. The standard InChI is InChI=1S/C15H19N3O/c1-4-19-9-15-17-13(8-14(16)18-15)12-6-5-10(2)11(3)7-12/h5-8H,4,9H2,1-3H3,(H2,16,17,18). The Morgan fingerprint density at radius 1 is 1.11 bits per heavy atom. The molecule has 1 aromatic carbocycles. The van der Waals surface area contributed by atoms with Crippen LogP contribution in [0, 0.1) is 13.8 Å². The van der Waals surface area contributed by atoms with E-state index in [0.29, 0.717) is 24.9 Å². The van der Waals surface area contributed by atoms with Gasteiger partial charge in [0.05, 0.1) is 5.69 Å². The molecule has 1 aromatic heterocycles. The van der Waals surface area contributed by atoms with Crippen LogP contribution in [0.1, 0.15) is 23.9 Å². The molecule has 0 aliphatic carbocycles. The number of benzene rings is 1. The molecule has 0 saturated carbocycles. The zero-order valence-electron chi connectivity index (χ0n) is 11.6. The number of nitrogens with two attached hydrogens (primary N) is 1. The summed E-state index contributed by atoms with van der Waals surface area (Å²) in [7, 11) is 0. The number of hydrogen-bond acceptors (Lipinski definition) is 4.